The van der Waals surface area contributed by atoms with Crippen molar-refractivity contribution in [2.75, 3.05) is 18.9 Å². The average molecular weight is 410 g/mol. The largest absolute Gasteiger partial charge is 0.304 e. The van der Waals surface area contributed by atoms with Gasteiger partial charge in [0.05, 0.1) is 5.69 Å². The minimum absolute atomic E-state index is 0.299. The maximum absolute atomic E-state index is 13.0. The van der Waals surface area contributed by atoms with Gasteiger partial charge in [-0.3, -0.25) is 9.36 Å². The van der Waals surface area contributed by atoms with Crippen LogP contribution in [-0.2, 0) is 6.54 Å². The number of nitrogens with zero attached hydrogens (tertiary/aromatic N) is 4. The molecule has 1 saturated carbocycles. The van der Waals surface area contributed by atoms with Crippen LogP contribution in [0.3, 0.4) is 0 Å². The molecular weight excluding hydrogens is 386 g/mol. The van der Waals surface area contributed by atoms with Crippen LogP contribution in [0.25, 0.3) is 5.69 Å². The molecule has 2 heterocycles. The van der Waals surface area contributed by atoms with Crippen molar-refractivity contribution in [3.8, 4) is 5.69 Å². The Morgan fingerprint density at radius 2 is 2.00 bits per heavy atom. The minimum atomic E-state index is -0.299. The third-order valence-electron chi connectivity index (χ3n) is 4.92. The summed E-state index contributed by atoms with van der Waals surface area (Å²) in [6.07, 6.45) is 6.26. The number of hydrogen-bond donors (Lipinski definition) is 1. The quantitative estimate of drug-likeness (QED) is 0.631. The van der Waals surface area contributed by atoms with Gasteiger partial charge in [-0.25, -0.2) is 9.97 Å². The van der Waals surface area contributed by atoms with Crippen molar-refractivity contribution < 1.29 is 4.79 Å². The first-order valence-corrected chi connectivity index (χ1v) is 10.1. The molecule has 7 heteroatoms. The Labute approximate surface area is 175 Å². The number of aryl methyl sites for hydroxylation is 1. The lowest BCUT2D eigenvalue weighted by Gasteiger charge is -2.13. The van der Waals surface area contributed by atoms with Crippen LogP contribution in [0.5, 0.6) is 0 Å². The van der Waals surface area contributed by atoms with Gasteiger partial charge >= 0.3 is 0 Å². The lowest BCUT2D eigenvalue weighted by atomic mass is 10.3. The molecule has 1 aromatic carbocycles. The van der Waals surface area contributed by atoms with E-state index in [-0.39, 0.29) is 5.91 Å². The van der Waals surface area contributed by atoms with E-state index < -0.39 is 0 Å². The highest BCUT2D eigenvalue weighted by atomic mass is 35.5. The number of hydrogen-bond acceptors (Lipinski definition) is 4. The Hall–Kier alpha value is -2.70. The Balaban J connectivity index is 1.61. The highest BCUT2D eigenvalue weighted by Gasteiger charge is 2.24. The Morgan fingerprint density at radius 1 is 1.24 bits per heavy atom. The Bertz CT molecular complexity index is 993. The molecule has 0 radical (unpaired) electrons. The molecule has 4 rings (SSSR count). The second kappa shape index (κ2) is 8.35. The molecule has 6 nitrogen and oxygen atoms in total. The topological polar surface area (TPSA) is 63.1 Å². The maximum atomic E-state index is 13.0. The van der Waals surface area contributed by atoms with Crippen LogP contribution in [0.1, 0.15) is 34.7 Å². The molecule has 2 aromatic heterocycles. The van der Waals surface area contributed by atoms with Gasteiger partial charge in [-0.15, -0.1) is 0 Å². The Kier molecular flexibility index (Phi) is 5.65. The number of aromatic nitrogens is 3. The number of amides is 1. The van der Waals surface area contributed by atoms with E-state index in [4.69, 9.17) is 11.6 Å². The number of pyridine rings is 1. The van der Waals surface area contributed by atoms with Gasteiger partial charge in [-0.2, -0.15) is 0 Å². The SMILES string of the molecule is Cc1ccc(NC(=O)c2nc(CN(C)CC3CC3)cn2-c2ccc(Cl)cc2)nc1. The van der Waals surface area contributed by atoms with Crippen molar-refractivity contribution in [2.24, 2.45) is 5.92 Å². The van der Waals surface area contributed by atoms with Crippen LogP contribution in [-0.4, -0.2) is 38.9 Å². The van der Waals surface area contributed by atoms with E-state index in [1.54, 1.807) is 29.0 Å². The van der Waals surface area contributed by atoms with Crippen molar-refractivity contribution in [1.82, 2.24) is 19.4 Å². The van der Waals surface area contributed by atoms with Gasteiger partial charge in [0.2, 0.25) is 5.82 Å². The van der Waals surface area contributed by atoms with E-state index in [2.05, 4.69) is 27.2 Å². The first-order chi connectivity index (χ1) is 14.0. The summed E-state index contributed by atoms with van der Waals surface area (Å²) in [4.78, 5) is 24.1. The summed E-state index contributed by atoms with van der Waals surface area (Å²) < 4.78 is 1.81. The molecule has 0 saturated heterocycles. The number of nitrogens with one attached hydrogen (secondary N) is 1. The summed E-state index contributed by atoms with van der Waals surface area (Å²) in [6, 6.07) is 11.1. The second-order valence-corrected chi connectivity index (χ2v) is 8.15. The smallest absolute Gasteiger partial charge is 0.293 e. The zero-order chi connectivity index (χ0) is 20.4. The van der Waals surface area contributed by atoms with Gasteiger partial charge in [-0.05, 0) is 68.6 Å². The van der Waals surface area contributed by atoms with Crippen molar-refractivity contribution >= 4 is 23.3 Å². The highest BCUT2D eigenvalue weighted by Crippen LogP contribution is 2.29. The van der Waals surface area contributed by atoms with Gasteiger partial charge in [0.15, 0.2) is 0 Å². The number of imidazole rings is 1. The van der Waals surface area contributed by atoms with Gasteiger partial charge in [0.1, 0.15) is 5.82 Å². The van der Waals surface area contributed by atoms with Crippen LogP contribution in [0.4, 0.5) is 5.82 Å². The number of anilines is 1. The zero-order valence-corrected chi connectivity index (χ0v) is 17.4. The van der Waals surface area contributed by atoms with Gasteiger partial charge in [0, 0.05) is 36.2 Å². The molecule has 1 aliphatic carbocycles. The molecule has 0 bridgehead atoms. The van der Waals surface area contributed by atoms with E-state index in [1.807, 2.05) is 31.3 Å². The fourth-order valence-corrected chi connectivity index (χ4v) is 3.39. The number of benzene rings is 1. The van der Waals surface area contributed by atoms with Gasteiger partial charge < -0.3 is 10.2 Å². The fourth-order valence-electron chi connectivity index (χ4n) is 3.26. The first-order valence-electron chi connectivity index (χ1n) is 9.74. The highest BCUT2D eigenvalue weighted by molar-refractivity contribution is 6.30. The van der Waals surface area contributed by atoms with E-state index in [0.29, 0.717) is 23.2 Å². The predicted molar refractivity (Wildman–Crippen MR) is 115 cm³/mol. The zero-order valence-electron chi connectivity index (χ0n) is 16.6. The summed E-state index contributed by atoms with van der Waals surface area (Å²) in [5.74, 6) is 1.32. The van der Waals surface area contributed by atoms with Gasteiger partial charge in [0.25, 0.3) is 5.91 Å². The number of carbonyl (C=O) groups excluding carboxylic acids is 1. The summed E-state index contributed by atoms with van der Waals surface area (Å²) >= 11 is 6.03. The van der Waals surface area contributed by atoms with Crippen molar-refractivity contribution in [3.63, 3.8) is 0 Å². The third kappa shape index (κ3) is 5.02. The normalized spacial score (nSPS) is 13.7. The monoisotopic (exact) mass is 409 g/mol. The lowest BCUT2D eigenvalue weighted by molar-refractivity contribution is 0.101. The molecule has 1 fully saturated rings. The predicted octanol–water partition coefficient (Wildman–Crippen LogP) is 4.32. The number of rotatable bonds is 7. The Morgan fingerprint density at radius 3 is 2.66 bits per heavy atom. The summed E-state index contributed by atoms with van der Waals surface area (Å²) in [5, 5.41) is 3.49. The molecule has 3 aromatic rings. The fraction of sp³-hybridized carbons (Fsp3) is 0.318. The second-order valence-electron chi connectivity index (χ2n) is 7.72. The summed E-state index contributed by atoms with van der Waals surface area (Å²) in [6.45, 7) is 3.71. The molecule has 0 aliphatic heterocycles. The average Bonchev–Trinajstić information content (AvgIpc) is 3.40. The minimum Gasteiger partial charge on any atom is -0.304 e. The van der Waals surface area contributed by atoms with Gasteiger partial charge in [-0.1, -0.05) is 17.7 Å². The molecule has 1 aliphatic rings. The number of carbonyl (C=O) groups is 1. The van der Waals surface area contributed by atoms with E-state index in [1.165, 1.54) is 12.8 Å². The van der Waals surface area contributed by atoms with Crippen LogP contribution >= 0.6 is 11.6 Å². The molecule has 0 spiro atoms. The van der Waals surface area contributed by atoms with Crippen LogP contribution in [0.2, 0.25) is 5.02 Å². The molecule has 150 valence electrons. The molecular formula is C22H24ClN5O. The van der Waals surface area contributed by atoms with E-state index >= 15 is 0 Å². The van der Waals surface area contributed by atoms with Crippen LogP contribution in [0.15, 0.2) is 48.8 Å². The first kappa shape index (κ1) is 19.6. The van der Waals surface area contributed by atoms with Crippen LogP contribution < -0.4 is 5.32 Å². The molecule has 1 amide bonds. The molecule has 29 heavy (non-hydrogen) atoms. The third-order valence-corrected chi connectivity index (χ3v) is 5.17. The van der Waals surface area contributed by atoms with Crippen molar-refractivity contribution in [2.45, 2.75) is 26.3 Å². The van der Waals surface area contributed by atoms with E-state index in [9.17, 15) is 4.79 Å². The summed E-state index contributed by atoms with van der Waals surface area (Å²) in [7, 11) is 2.09. The van der Waals surface area contributed by atoms with Crippen molar-refractivity contribution in [1.29, 1.82) is 0 Å². The van der Waals surface area contributed by atoms with E-state index in [0.717, 1.165) is 29.4 Å². The van der Waals surface area contributed by atoms with Crippen LogP contribution in [0, 0.1) is 12.8 Å². The maximum Gasteiger partial charge on any atom is 0.293 e. The molecule has 0 atom stereocenters. The molecule has 1 N–H and O–H groups in total. The standard InChI is InChI=1S/C22H24ClN5O/c1-15-3-10-20(24-11-15)26-22(29)21-25-18(13-27(2)12-16-4-5-16)14-28(21)19-8-6-17(23)7-9-19/h3,6-11,14,16H,4-5,12-13H2,1-2H3,(H,24,26,29). The number of halogens is 1. The molecule has 0 unspecified atom stereocenters. The lowest BCUT2D eigenvalue weighted by Crippen LogP contribution is -2.21. The summed E-state index contributed by atoms with van der Waals surface area (Å²) in [5.41, 5.74) is 2.72. The van der Waals surface area contributed by atoms with Crippen molar-refractivity contribution in [3.05, 3.63) is 70.9 Å².